The van der Waals surface area contributed by atoms with Crippen molar-refractivity contribution in [2.75, 3.05) is 18.1 Å². The summed E-state index contributed by atoms with van der Waals surface area (Å²) in [6, 6.07) is 11.2. The van der Waals surface area contributed by atoms with Crippen molar-refractivity contribution in [3.8, 4) is 11.5 Å². The number of carbonyl (C=O) groups excluding carboxylic acids is 1. The molecule has 0 spiro atoms. The Morgan fingerprint density at radius 3 is 2.67 bits per heavy atom. The highest BCUT2D eigenvalue weighted by molar-refractivity contribution is 6.32. The molecule has 1 aliphatic rings. The molecule has 2 aromatic rings. The van der Waals surface area contributed by atoms with E-state index in [9.17, 15) is 4.79 Å². The second-order valence-electron chi connectivity index (χ2n) is 6.06. The first kappa shape index (κ1) is 16.7. The summed E-state index contributed by atoms with van der Waals surface area (Å²) in [7, 11) is 0. The maximum atomic E-state index is 12.6. The quantitative estimate of drug-likeness (QED) is 0.838. The first-order valence-corrected chi connectivity index (χ1v) is 8.29. The van der Waals surface area contributed by atoms with Gasteiger partial charge in [-0.25, -0.2) is 0 Å². The molecule has 0 saturated carbocycles. The lowest BCUT2D eigenvalue weighted by molar-refractivity contribution is -0.121. The second kappa shape index (κ2) is 6.73. The van der Waals surface area contributed by atoms with Crippen molar-refractivity contribution in [3.63, 3.8) is 0 Å². The number of anilines is 1. The fraction of sp³-hybridized carbons (Fsp3) is 0.316. The van der Waals surface area contributed by atoms with Crippen molar-refractivity contribution in [1.82, 2.24) is 0 Å². The molecular weight excluding hydrogens is 326 g/mol. The Bertz CT molecular complexity index is 752. The lowest BCUT2D eigenvalue weighted by Crippen LogP contribution is -2.44. The molecule has 4 nitrogen and oxygen atoms in total. The van der Waals surface area contributed by atoms with Gasteiger partial charge in [0.1, 0.15) is 17.6 Å². The molecule has 0 bridgehead atoms. The smallest absolute Gasteiger partial charge is 0.265 e. The van der Waals surface area contributed by atoms with Gasteiger partial charge in [0.2, 0.25) is 0 Å². The molecule has 0 aliphatic carbocycles. The van der Waals surface area contributed by atoms with Gasteiger partial charge in [0.25, 0.3) is 5.91 Å². The lowest BCUT2D eigenvalue weighted by Gasteiger charge is -2.33. The Hall–Kier alpha value is -2.20. The van der Waals surface area contributed by atoms with Gasteiger partial charge in [-0.1, -0.05) is 23.7 Å². The van der Waals surface area contributed by atoms with E-state index >= 15 is 0 Å². The van der Waals surface area contributed by atoms with Crippen LogP contribution in [0.1, 0.15) is 18.1 Å². The van der Waals surface area contributed by atoms with Crippen molar-refractivity contribution in [2.24, 2.45) is 0 Å². The number of aryl methyl sites for hydroxylation is 2. The minimum Gasteiger partial charge on any atom is -0.487 e. The van der Waals surface area contributed by atoms with Crippen molar-refractivity contribution >= 4 is 23.2 Å². The summed E-state index contributed by atoms with van der Waals surface area (Å²) in [6.07, 6.45) is -0.0520. The molecule has 0 fully saturated rings. The number of fused-ring (bicyclic) bond motifs is 1. The van der Waals surface area contributed by atoms with Crippen molar-refractivity contribution in [3.05, 3.63) is 52.5 Å². The van der Waals surface area contributed by atoms with Crippen LogP contribution in [0.5, 0.6) is 11.5 Å². The largest absolute Gasteiger partial charge is 0.487 e. The number of benzene rings is 2. The topological polar surface area (TPSA) is 38.8 Å². The molecule has 1 unspecified atom stereocenters. The maximum absolute atomic E-state index is 12.6. The number of halogens is 1. The van der Waals surface area contributed by atoms with E-state index in [0.29, 0.717) is 12.3 Å². The van der Waals surface area contributed by atoms with Gasteiger partial charge in [-0.15, -0.1) is 0 Å². The third-order valence-electron chi connectivity index (χ3n) is 4.00. The molecule has 0 radical (unpaired) electrons. The number of nitrogens with zero attached hydrogens (tertiary/aromatic N) is 1. The van der Waals surface area contributed by atoms with Gasteiger partial charge in [-0.3, -0.25) is 4.79 Å². The Kier molecular flexibility index (Phi) is 4.67. The zero-order valence-electron chi connectivity index (χ0n) is 14.0. The molecule has 3 rings (SSSR count). The third kappa shape index (κ3) is 3.34. The first-order valence-electron chi connectivity index (χ1n) is 7.91. The number of carbonyl (C=O) groups is 1. The molecule has 0 N–H and O–H groups in total. The Balaban J connectivity index is 1.74. The van der Waals surface area contributed by atoms with E-state index in [1.807, 2.05) is 57.2 Å². The Morgan fingerprint density at radius 2 is 1.96 bits per heavy atom. The van der Waals surface area contributed by atoms with Gasteiger partial charge < -0.3 is 14.4 Å². The number of hydrogen-bond acceptors (Lipinski definition) is 3. The number of amides is 1. The van der Waals surface area contributed by atoms with Gasteiger partial charge in [-0.05, 0) is 56.2 Å². The summed E-state index contributed by atoms with van der Waals surface area (Å²) >= 11 is 6.16. The van der Waals surface area contributed by atoms with E-state index in [4.69, 9.17) is 21.1 Å². The predicted octanol–water partition coefficient (Wildman–Crippen LogP) is 4.15. The Labute approximate surface area is 146 Å². The summed E-state index contributed by atoms with van der Waals surface area (Å²) in [5, 5.41) is 0.726. The molecule has 0 saturated heterocycles. The van der Waals surface area contributed by atoms with Gasteiger partial charge in [0.05, 0.1) is 12.2 Å². The molecule has 1 heterocycles. The highest BCUT2D eigenvalue weighted by Crippen LogP contribution is 2.33. The van der Waals surface area contributed by atoms with Gasteiger partial charge in [0.15, 0.2) is 6.61 Å². The van der Waals surface area contributed by atoms with Crippen LogP contribution >= 0.6 is 11.6 Å². The predicted molar refractivity (Wildman–Crippen MR) is 95.3 cm³/mol. The minimum absolute atomic E-state index is 0.0262. The zero-order valence-corrected chi connectivity index (χ0v) is 14.8. The zero-order chi connectivity index (χ0) is 17.3. The van der Waals surface area contributed by atoms with Crippen LogP contribution in [0.2, 0.25) is 5.02 Å². The van der Waals surface area contributed by atoms with Crippen LogP contribution in [0.15, 0.2) is 36.4 Å². The number of ether oxygens (including phenoxy) is 2. The summed E-state index contributed by atoms with van der Waals surface area (Å²) in [5.74, 6) is 1.28. The fourth-order valence-corrected chi connectivity index (χ4v) is 2.95. The second-order valence-corrected chi connectivity index (χ2v) is 6.44. The SMILES string of the molecule is Cc1cc(OCC(=O)N2CC(C)Oc3ccccc32)cc(C)c1Cl. The van der Waals surface area contributed by atoms with E-state index < -0.39 is 0 Å². The molecule has 24 heavy (non-hydrogen) atoms. The fourth-order valence-electron chi connectivity index (χ4n) is 2.84. The summed E-state index contributed by atoms with van der Waals surface area (Å²) in [4.78, 5) is 14.4. The summed E-state index contributed by atoms with van der Waals surface area (Å²) in [6.45, 7) is 6.27. The van der Waals surface area contributed by atoms with Crippen LogP contribution < -0.4 is 14.4 Å². The Morgan fingerprint density at radius 1 is 1.29 bits per heavy atom. The molecular formula is C19H20ClNO3. The van der Waals surface area contributed by atoms with Crippen LogP contribution in [-0.4, -0.2) is 25.2 Å². The monoisotopic (exact) mass is 345 g/mol. The average Bonchev–Trinajstić information content (AvgIpc) is 2.56. The van der Waals surface area contributed by atoms with Gasteiger partial charge >= 0.3 is 0 Å². The molecule has 1 atom stereocenters. The van der Waals surface area contributed by atoms with Crippen LogP contribution in [0.4, 0.5) is 5.69 Å². The van der Waals surface area contributed by atoms with Gasteiger partial charge in [0, 0.05) is 5.02 Å². The van der Waals surface area contributed by atoms with E-state index in [2.05, 4.69) is 0 Å². The normalized spacial score (nSPS) is 16.3. The molecule has 5 heteroatoms. The summed E-state index contributed by atoms with van der Waals surface area (Å²) < 4.78 is 11.5. The molecule has 1 amide bonds. The van der Waals surface area contributed by atoms with Gasteiger partial charge in [-0.2, -0.15) is 0 Å². The highest BCUT2D eigenvalue weighted by Gasteiger charge is 2.27. The highest BCUT2D eigenvalue weighted by atomic mass is 35.5. The van der Waals surface area contributed by atoms with E-state index in [-0.39, 0.29) is 18.6 Å². The van der Waals surface area contributed by atoms with Crippen LogP contribution in [0, 0.1) is 13.8 Å². The molecule has 126 valence electrons. The number of rotatable bonds is 3. The van der Waals surface area contributed by atoms with Crippen LogP contribution in [-0.2, 0) is 4.79 Å². The minimum atomic E-state index is -0.0946. The molecule has 0 aromatic heterocycles. The van der Waals surface area contributed by atoms with E-state index in [0.717, 1.165) is 27.6 Å². The summed E-state index contributed by atoms with van der Waals surface area (Å²) in [5.41, 5.74) is 2.65. The molecule has 1 aliphatic heterocycles. The third-order valence-corrected chi connectivity index (χ3v) is 4.59. The number of hydrogen-bond donors (Lipinski definition) is 0. The van der Waals surface area contributed by atoms with Crippen LogP contribution in [0.3, 0.4) is 0 Å². The van der Waals surface area contributed by atoms with E-state index in [1.54, 1.807) is 4.90 Å². The standard InChI is InChI=1S/C19H20ClNO3/c1-12-8-15(9-13(2)19(12)20)23-11-18(22)21-10-14(3)24-17-7-5-4-6-16(17)21/h4-9,14H,10-11H2,1-3H3. The molecule has 2 aromatic carbocycles. The average molecular weight is 346 g/mol. The maximum Gasteiger partial charge on any atom is 0.265 e. The van der Waals surface area contributed by atoms with Crippen LogP contribution in [0.25, 0.3) is 0 Å². The lowest BCUT2D eigenvalue weighted by atomic mass is 10.1. The van der Waals surface area contributed by atoms with Crippen molar-refractivity contribution < 1.29 is 14.3 Å². The number of para-hydroxylation sites is 2. The van der Waals surface area contributed by atoms with Crippen molar-refractivity contribution in [1.29, 1.82) is 0 Å². The van der Waals surface area contributed by atoms with Crippen molar-refractivity contribution in [2.45, 2.75) is 26.9 Å². The van der Waals surface area contributed by atoms with E-state index in [1.165, 1.54) is 0 Å². The first-order chi connectivity index (χ1) is 11.5.